The van der Waals surface area contributed by atoms with Gasteiger partial charge in [0.05, 0.1) is 11.7 Å². The summed E-state index contributed by atoms with van der Waals surface area (Å²) in [4.78, 5) is 15.1. The van der Waals surface area contributed by atoms with Crippen LogP contribution in [-0.2, 0) is 0 Å². The van der Waals surface area contributed by atoms with Crippen LogP contribution in [0.1, 0.15) is 31.2 Å². The third-order valence-corrected chi connectivity index (χ3v) is 5.04. The summed E-state index contributed by atoms with van der Waals surface area (Å²) in [5, 5.41) is 7.03. The predicted octanol–water partition coefficient (Wildman–Crippen LogP) is 5.43. The minimum atomic E-state index is -0.401. The van der Waals surface area contributed by atoms with Crippen molar-refractivity contribution in [1.82, 2.24) is 4.98 Å². The fourth-order valence-corrected chi connectivity index (χ4v) is 3.52. The normalized spacial score (nSPS) is 14.9. The number of halogens is 1. The number of benzene rings is 2. The standard InChI is InChI=1S/C22H21FN4O2/c23-15-5-10-20-14(11-15)12-19(22(28)26-20)21(27-24)13-25-16-6-8-18(9-7-16)29-17-3-1-2-4-17/h5-13,17,24-25H,1-4H2,(H,26,28)/b21-13-,27-24?. The Bertz CT molecular complexity index is 1120. The van der Waals surface area contributed by atoms with Crippen molar-refractivity contribution < 1.29 is 9.13 Å². The third kappa shape index (κ3) is 4.34. The number of hydrogen-bond acceptors (Lipinski definition) is 5. The zero-order chi connectivity index (χ0) is 20.2. The van der Waals surface area contributed by atoms with E-state index < -0.39 is 11.4 Å². The van der Waals surface area contributed by atoms with Gasteiger partial charge >= 0.3 is 0 Å². The van der Waals surface area contributed by atoms with E-state index in [2.05, 4.69) is 15.4 Å². The Morgan fingerprint density at radius 3 is 2.66 bits per heavy atom. The quantitative estimate of drug-likeness (QED) is 0.489. The van der Waals surface area contributed by atoms with E-state index in [4.69, 9.17) is 10.3 Å². The van der Waals surface area contributed by atoms with E-state index >= 15 is 0 Å². The lowest BCUT2D eigenvalue weighted by Gasteiger charge is -2.13. The Balaban J connectivity index is 1.53. The molecule has 0 spiro atoms. The number of nitrogens with one attached hydrogen (secondary N) is 3. The van der Waals surface area contributed by atoms with Crippen molar-refractivity contribution in [2.45, 2.75) is 31.8 Å². The number of fused-ring (bicyclic) bond motifs is 1. The van der Waals surface area contributed by atoms with Gasteiger partial charge in [-0.1, -0.05) is 0 Å². The second-order valence-corrected chi connectivity index (χ2v) is 7.08. The number of rotatable bonds is 6. The monoisotopic (exact) mass is 392 g/mol. The molecule has 7 heteroatoms. The van der Waals surface area contributed by atoms with Crippen molar-refractivity contribution in [3.8, 4) is 5.75 Å². The second-order valence-electron chi connectivity index (χ2n) is 7.08. The van der Waals surface area contributed by atoms with Crippen molar-refractivity contribution in [3.05, 3.63) is 76.5 Å². The molecule has 3 N–H and O–H groups in total. The molecular weight excluding hydrogens is 371 g/mol. The van der Waals surface area contributed by atoms with Gasteiger partial charge in [0.2, 0.25) is 0 Å². The summed E-state index contributed by atoms with van der Waals surface area (Å²) < 4.78 is 19.4. The molecule has 2 aromatic carbocycles. The molecule has 6 nitrogen and oxygen atoms in total. The molecule has 0 amide bonds. The fourth-order valence-electron chi connectivity index (χ4n) is 3.52. The fraction of sp³-hybridized carbons (Fsp3) is 0.227. The second kappa shape index (κ2) is 8.26. The molecule has 4 rings (SSSR count). The van der Waals surface area contributed by atoms with Crippen LogP contribution in [0, 0.1) is 11.3 Å². The van der Waals surface area contributed by atoms with Gasteiger partial charge < -0.3 is 15.0 Å². The average molecular weight is 392 g/mol. The Morgan fingerprint density at radius 2 is 1.93 bits per heavy atom. The molecule has 0 radical (unpaired) electrons. The summed E-state index contributed by atoms with van der Waals surface area (Å²) >= 11 is 0. The van der Waals surface area contributed by atoms with Crippen LogP contribution in [0.4, 0.5) is 10.1 Å². The van der Waals surface area contributed by atoms with Crippen LogP contribution in [0.3, 0.4) is 0 Å². The van der Waals surface area contributed by atoms with Crippen molar-refractivity contribution in [3.63, 3.8) is 0 Å². The van der Waals surface area contributed by atoms with E-state index in [1.807, 2.05) is 24.3 Å². The van der Waals surface area contributed by atoms with Crippen LogP contribution < -0.4 is 15.6 Å². The van der Waals surface area contributed by atoms with Gasteiger partial charge in [-0.05, 0) is 74.2 Å². The van der Waals surface area contributed by atoms with Gasteiger partial charge in [0.25, 0.3) is 5.56 Å². The molecule has 29 heavy (non-hydrogen) atoms. The van der Waals surface area contributed by atoms with Gasteiger partial charge in [-0.25, -0.2) is 9.92 Å². The Morgan fingerprint density at radius 1 is 1.17 bits per heavy atom. The van der Waals surface area contributed by atoms with Crippen molar-refractivity contribution in [2.75, 3.05) is 5.32 Å². The lowest BCUT2D eigenvalue weighted by molar-refractivity contribution is 0.210. The topological polar surface area (TPSA) is 90.3 Å². The van der Waals surface area contributed by atoms with Crippen molar-refractivity contribution in [1.29, 1.82) is 5.53 Å². The zero-order valence-electron chi connectivity index (χ0n) is 15.7. The van der Waals surface area contributed by atoms with Crippen LogP contribution in [0.2, 0.25) is 0 Å². The van der Waals surface area contributed by atoms with Gasteiger partial charge in [0.1, 0.15) is 17.3 Å². The smallest absolute Gasteiger partial charge is 0.258 e. The molecule has 1 aromatic heterocycles. The number of ether oxygens (including phenoxy) is 1. The number of nitrogens with zero attached hydrogens (tertiary/aromatic N) is 1. The molecule has 0 bridgehead atoms. The van der Waals surface area contributed by atoms with E-state index in [0.717, 1.165) is 24.3 Å². The van der Waals surface area contributed by atoms with Gasteiger partial charge in [0, 0.05) is 22.8 Å². The molecular formula is C22H21FN4O2. The first-order valence-electron chi connectivity index (χ1n) is 9.56. The molecule has 1 aliphatic rings. The average Bonchev–Trinajstić information content (AvgIpc) is 3.23. The Hall–Kier alpha value is -3.48. The Kier molecular flexibility index (Phi) is 5.37. The number of aromatic nitrogens is 1. The molecule has 0 aliphatic heterocycles. The van der Waals surface area contributed by atoms with Crippen molar-refractivity contribution in [2.24, 2.45) is 5.11 Å². The predicted molar refractivity (Wildman–Crippen MR) is 111 cm³/mol. The first-order chi connectivity index (χ1) is 14.1. The Labute approximate surface area is 166 Å². The minimum Gasteiger partial charge on any atom is -0.490 e. The van der Waals surface area contributed by atoms with E-state index in [0.29, 0.717) is 17.0 Å². The van der Waals surface area contributed by atoms with Gasteiger partial charge in [0.15, 0.2) is 0 Å². The number of hydrogen-bond donors (Lipinski definition) is 3. The largest absolute Gasteiger partial charge is 0.490 e. The SMILES string of the molecule is N=N/C(=C\Nc1ccc(OC2CCCC2)cc1)c1cc2cc(F)ccc2[nH]c1=O. The highest BCUT2D eigenvalue weighted by Gasteiger charge is 2.16. The van der Waals surface area contributed by atoms with Crippen LogP contribution in [0.15, 0.2) is 64.6 Å². The van der Waals surface area contributed by atoms with Crippen LogP contribution in [0.5, 0.6) is 5.75 Å². The van der Waals surface area contributed by atoms with E-state index in [1.165, 1.54) is 43.3 Å². The molecule has 1 saturated carbocycles. The summed E-state index contributed by atoms with van der Waals surface area (Å²) in [6, 6.07) is 13.1. The third-order valence-electron chi connectivity index (χ3n) is 5.04. The van der Waals surface area contributed by atoms with Crippen LogP contribution in [0.25, 0.3) is 16.6 Å². The van der Waals surface area contributed by atoms with Gasteiger partial charge in [-0.3, -0.25) is 4.79 Å². The van der Waals surface area contributed by atoms with Crippen LogP contribution in [-0.4, -0.2) is 11.1 Å². The molecule has 3 aromatic rings. The van der Waals surface area contributed by atoms with E-state index in [9.17, 15) is 9.18 Å². The zero-order valence-corrected chi connectivity index (χ0v) is 15.7. The first kappa shape index (κ1) is 18.9. The summed E-state index contributed by atoms with van der Waals surface area (Å²) in [5.74, 6) is 0.423. The summed E-state index contributed by atoms with van der Waals surface area (Å²) in [6.07, 6.45) is 6.41. The van der Waals surface area contributed by atoms with E-state index in [-0.39, 0.29) is 11.3 Å². The number of anilines is 1. The summed E-state index contributed by atoms with van der Waals surface area (Å²) in [6.45, 7) is 0. The maximum Gasteiger partial charge on any atom is 0.258 e. The molecule has 0 saturated heterocycles. The first-order valence-corrected chi connectivity index (χ1v) is 9.56. The molecule has 0 unspecified atom stereocenters. The molecule has 148 valence electrons. The molecule has 0 atom stereocenters. The number of aromatic amines is 1. The number of pyridine rings is 1. The summed E-state index contributed by atoms with van der Waals surface area (Å²) in [7, 11) is 0. The molecule has 1 fully saturated rings. The van der Waals surface area contributed by atoms with E-state index in [1.54, 1.807) is 0 Å². The molecule has 1 aliphatic carbocycles. The van der Waals surface area contributed by atoms with Gasteiger partial charge in [-0.15, -0.1) is 0 Å². The van der Waals surface area contributed by atoms with Crippen LogP contribution >= 0.6 is 0 Å². The summed E-state index contributed by atoms with van der Waals surface area (Å²) in [5.41, 5.74) is 8.67. The van der Waals surface area contributed by atoms with Crippen molar-refractivity contribution >= 4 is 22.3 Å². The highest BCUT2D eigenvalue weighted by atomic mass is 19.1. The number of H-pyrrole nitrogens is 1. The van der Waals surface area contributed by atoms with Gasteiger partial charge in [-0.2, -0.15) is 5.11 Å². The highest BCUT2D eigenvalue weighted by Crippen LogP contribution is 2.25. The minimum absolute atomic E-state index is 0.142. The highest BCUT2D eigenvalue weighted by molar-refractivity contribution is 5.82. The molecule has 1 heterocycles. The lowest BCUT2D eigenvalue weighted by Crippen LogP contribution is -2.11. The maximum atomic E-state index is 13.5. The maximum absolute atomic E-state index is 13.5. The lowest BCUT2D eigenvalue weighted by atomic mass is 10.1.